The van der Waals surface area contributed by atoms with Crippen LogP contribution >= 0.6 is 0 Å². The summed E-state index contributed by atoms with van der Waals surface area (Å²) in [5, 5.41) is 13.9. The summed E-state index contributed by atoms with van der Waals surface area (Å²) >= 11 is 0. The molecule has 0 atom stereocenters. The molecule has 0 saturated carbocycles. The lowest BCUT2D eigenvalue weighted by molar-refractivity contribution is -0.183. The van der Waals surface area contributed by atoms with Crippen molar-refractivity contribution in [2.45, 2.75) is 33.2 Å². The monoisotopic (exact) mass is 340 g/mol. The van der Waals surface area contributed by atoms with Gasteiger partial charge in [0, 0.05) is 36.6 Å². The van der Waals surface area contributed by atoms with Gasteiger partial charge in [-0.3, -0.25) is 9.25 Å². The number of nitriles is 1. The van der Waals surface area contributed by atoms with Crippen LogP contribution in [0.3, 0.4) is 0 Å². The van der Waals surface area contributed by atoms with Gasteiger partial charge in [0.25, 0.3) is 0 Å². The lowest BCUT2D eigenvalue weighted by Gasteiger charge is -2.18. The Morgan fingerprint density at radius 1 is 1.24 bits per heavy atom. The fourth-order valence-corrected chi connectivity index (χ4v) is 2.64. The van der Waals surface area contributed by atoms with Gasteiger partial charge in [-0.1, -0.05) is 0 Å². The van der Waals surface area contributed by atoms with Gasteiger partial charge in [-0.05, 0) is 19.9 Å². The second kappa shape index (κ2) is 7.88. The normalized spacial score (nSPS) is 11.3. The highest BCUT2D eigenvalue weighted by Gasteiger charge is 2.17. The van der Waals surface area contributed by atoms with Crippen LogP contribution in [0.4, 0.5) is 0 Å². The van der Waals surface area contributed by atoms with E-state index >= 15 is 0 Å². The maximum absolute atomic E-state index is 8.70. The maximum atomic E-state index is 8.70. The highest BCUT2D eigenvalue weighted by molar-refractivity contribution is 5.90. The van der Waals surface area contributed by atoms with E-state index in [-0.39, 0.29) is 0 Å². The first-order valence-corrected chi connectivity index (χ1v) is 8.23. The van der Waals surface area contributed by atoms with Gasteiger partial charge in [0.2, 0.25) is 6.41 Å². The van der Waals surface area contributed by atoms with Crippen molar-refractivity contribution in [3.05, 3.63) is 31.0 Å². The molecule has 0 amide bonds. The first-order valence-electron chi connectivity index (χ1n) is 8.23. The molecule has 0 unspecified atom stereocenters. The van der Waals surface area contributed by atoms with E-state index in [1.807, 2.05) is 36.9 Å². The third kappa shape index (κ3) is 3.52. The van der Waals surface area contributed by atoms with E-state index in [0.717, 1.165) is 22.3 Å². The number of fused-ring (bicyclic) bond motifs is 1. The van der Waals surface area contributed by atoms with Crippen molar-refractivity contribution < 1.29 is 9.47 Å². The Bertz CT molecular complexity index is 873. The minimum Gasteiger partial charge on any atom is -0.335 e. The molecule has 0 N–H and O–H groups in total. The minimum absolute atomic E-state index is 0.418. The van der Waals surface area contributed by atoms with Crippen LogP contribution in [0.5, 0.6) is 0 Å². The lowest BCUT2D eigenvalue weighted by atomic mass is 10.2. The summed E-state index contributed by atoms with van der Waals surface area (Å²) in [7, 11) is 0. The third-order valence-corrected chi connectivity index (χ3v) is 3.71. The van der Waals surface area contributed by atoms with Gasteiger partial charge in [-0.2, -0.15) is 10.4 Å². The fourth-order valence-electron chi connectivity index (χ4n) is 2.64. The number of ether oxygens (including phenoxy) is 2. The van der Waals surface area contributed by atoms with Crippen LogP contribution < -0.4 is 0 Å². The van der Waals surface area contributed by atoms with E-state index in [9.17, 15) is 0 Å². The topological polar surface area (TPSA) is 90.8 Å². The van der Waals surface area contributed by atoms with Gasteiger partial charge in [0.1, 0.15) is 12.0 Å². The molecule has 3 aromatic rings. The first-order chi connectivity index (χ1) is 12.3. The lowest BCUT2D eigenvalue weighted by Crippen LogP contribution is -2.16. The second-order valence-electron chi connectivity index (χ2n) is 5.30. The molecule has 0 saturated heterocycles. The van der Waals surface area contributed by atoms with Crippen molar-refractivity contribution >= 4 is 11.0 Å². The molecule has 25 heavy (non-hydrogen) atoms. The van der Waals surface area contributed by atoms with Gasteiger partial charge in [-0.25, -0.2) is 9.97 Å². The van der Waals surface area contributed by atoms with Gasteiger partial charge in [0.15, 0.2) is 0 Å². The first kappa shape index (κ1) is 17.1. The van der Waals surface area contributed by atoms with Crippen LogP contribution in [0, 0.1) is 11.3 Å². The predicted molar refractivity (Wildman–Crippen MR) is 91.3 cm³/mol. The Balaban J connectivity index is 1.98. The van der Waals surface area contributed by atoms with Crippen LogP contribution in [0.2, 0.25) is 0 Å². The minimum atomic E-state index is -0.520. The van der Waals surface area contributed by atoms with Crippen LogP contribution in [0.1, 0.15) is 26.7 Å². The Morgan fingerprint density at radius 2 is 2.04 bits per heavy atom. The number of hydrogen-bond acceptors (Lipinski definition) is 6. The van der Waals surface area contributed by atoms with Crippen LogP contribution in [0.25, 0.3) is 22.3 Å². The van der Waals surface area contributed by atoms with Crippen molar-refractivity contribution in [2.24, 2.45) is 0 Å². The van der Waals surface area contributed by atoms with Crippen molar-refractivity contribution in [3.8, 4) is 17.3 Å². The van der Waals surface area contributed by atoms with Crippen molar-refractivity contribution in [2.75, 3.05) is 13.2 Å². The standard InChI is InChI=1S/C17H20N6O2/c1-3-24-17(25-4-2)23-9-6-14-15(19-12-20-16(14)23)13-10-21-22(11-13)8-5-7-18/h6,9-12,17H,3-5,8H2,1-2H3. The summed E-state index contributed by atoms with van der Waals surface area (Å²) in [6.07, 6.45) is 6.95. The van der Waals surface area contributed by atoms with Gasteiger partial charge in [0.05, 0.1) is 30.9 Å². The quantitative estimate of drug-likeness (QED) is 0.586. The molecule has 8 heteroatoms. The number of aryl methyl sites for hydroxylation is 1. The predicted octanol–water partition coefficient (Wildman–Crippen LogP) is 2.74. The van der Waals surface area contributed by atoms with Crippen LogP contribution in [0.15, 0.2) is 31.0 Å². The zero-order chi connectivity index (χ0) is 17.6. The molecule has 0 aliphatic heterocycles. The smallest absolute Gasteiger partial charge is 0.245 e. The molecule has 0 aliphatic rings. The summed E-state index contributed by atoms with van der Waals surface area (Å²) in [6.45, 7) is 5.48. The number of aromatic nitrogens is 5. The van der Waals surface area contributed by atoms with E-state index in [0.29, 0.717) is 26.2 Å². The average molecular weight is 340 g/mol. The van der Waals surface area contributed by atoms with E-state index in [1.165, 1.54) is 6.33 Å². The Morgan fingerprint density at radius 3 is 2.76 bits per heavy atom. The number of rotatable bonds is 8. The SMILES string of the molecule is CCOC(OCC)n1ccc2c(-c3cnn(CCC#N)c3)ncnc21. The molecule has 0 spiro atoms. The molecule has 130 valence electrons. The molecule has 3 rings (SSSR count). The zero-order valence-electron chi connectivity index (χ0n) is 14.3. The van der Waals surface area contributed by atoms with Crippen molar-refractivity contribution in [1.29, 1.82) is 5.26 Å². The summed E-state index contributed by atoms with van der Waals surface area (Å²) < 4.78 is 14.9. The zero-order valence-corrected chi connectivity index (χ0v) is 14.3. The van der Waals surface area contributed by atoms with Gasteiger partial charge in [-0.15, -0.1) is 0 Å². The maximum Gasteiger partial charge on any atom is 0.245 e. The molecule has 3 heterocycles. The summed E-state index contributed by atoms with van der Waals surface area (Å²) in [4.78, 5) is 8.80. The fraction of sp³-hybridized carbons (Fsp3) is 0.412. The molecule has 0 bridgehead atoms. The molecule has 3 aromatic heterocycles. The Hall–Kier alpha value is -2.76. The third-order valence-electron chi connectivity index (χ3n) is 3.71. The van der Waals surface area contributed by atoms with Crippen molar-refractivity contribution in [3.63, 3.8) is 0 Å². The van der Waals surface area contributed by atoms with Crippen LogP contribution in [-0.2, 0) is 16.0 Å². The van der Waals surface area contributed by atoms with Gasteiger partial charge >= 0.3 is 0 Å². The van der Waals surface area contributed by atoms with E-state index < -0.39 is 6.41 Å². The Kier molecular flexibility index (Phi) is 5.38. The molecule has 0 radical (unpaired) electrons. The van der Waals surface area contributed by atoms with Crippen LogP contribution in [-0.4, -0.2) is 37.5 Å². The highest BCUT2D eigenvalue weighted by Crippen LogP contribution is 2.28. The molecule has 0 fully saturated rings. The average Bonchev–Trinajstić information content (AvgIpc) is 3.26. The second-order valence-corrected chi connectivity index (χ2v) is 5.30. The molecular weight excluding hydrogens is 320 g/mol. The molecule has 8 nitrogen and oxygen atoms in total. The number of nitrogens with zero attached hydrogens (tertiary/aromatic N) is 6. The largest absolute Gasteiger partial charge is 0.335 e. The summed E-state index contributed by atoms with van der Waals surface area (Å²) in [5.74, 6) is 0. The number of hydrogen-bond donors (Lipinski definition) is 0. The summed E-state index contributed by atoms with van der Waals surface area (Å²) in [6, 6.07) is 4.06. The van der Waals surface area contributed by atoms with Crippen molar-refractivity contribution in [1.82, 2.24) is 24.3 Å². The van der Waals surface area contributed by atoms with Gasteiger partial charge < -0.3 is 9.47 Å². The highest BCUT2D eigenvalue weighted by atomic mass is 16.7. The molecular formula is C17H20N6O2. The summed E-state index contributed by atoms with van der Waals surface area (Å²) in [5.41, 5.74) is 2.41. The van der Waals surface area contributed by atoms with E-state index in [2.05, 4.69) is 21.1 Å². The van der Waals surface area contributed by atoms with E-state index in [4.69, 9.17) is 14.7 Å². The van der Waals surface area contributed by atoms with E-state index in [1.54, 1.807) is 10.9 Å². The molecule has 0 aromatic carbocycles. The Labute approximate surface area is 145 Å². The molecule has 0 aliphatic carbocycles.